The van der Waals surface area contributed by atoms with Crippen molar-refractivity contribution in [3.8, 4) is 0 Å². The second-order valence-corrected chi connectivity index (χ2v) is 6.34. The highest BCUT2D eigenvalue weighted by molar-refractivity contribution is 7.99. The highest BCUT2D eigenvalue weighted by atomic mass is 32.2. The minimum Gasteiger partial charge on any atom is -0.462 e. The van der Waals surface area contributed by atoms with E-state index in [4.69, 9.17) is 10.5 Å². The van der Waals surface area contributed by atoms with Crippen molar-refractivity contribution in [1.82, 2.24) is 9.97 Å². The molecule has 7 heteroatoms. The highest BCUT2D eigenvalue weighted by Gasteiger charge is 2.11. The van der Waals surface area contributed by atoms with E-state index in [-0.39, 0.29) is 5.97 Å². The number of hydrogen-bond donors (Lipinski definition) is 2. The number of nitrogens with one attached hydrogen (secondary N) is 1. The van der Waals surface area contributed by atoms with Crippen molar-refractivity contribution in [2.45, 2.75) is 16.8 Å². The molecular weight excluding hydrogens is 348 g/mol. The number of esters is 1. The Labute approximate surface area is 155 Å². The Morgan fingerprint density at radius 2 is 1.85 bits per heavy atom. The average Bonchev–Trinajstić information content (AvgIpc) is 2.66. The van der Waals surface area contributed by atoms with Crippen LogP contribution in [0.25, 0.3) is 0 Å². The molecule has 0 aliphatic carbocycles. The molecule has 0 aliphatic rings. The van der Waals surface area contributed by atoms with E-state index >= 15 is 0 Å². The number of carbonyl (C=O) groups excluding carboxylic acids is 1. The standard InChI is InChI=1S/C19H18N4O2S/c1-2-25-19(24)13-8-10-14(11-9-13)23-17-16(20)18(22-12-21-17)26-15-6-4-3-5-7-15/h3-12H,2,20H2,1H3,(H,21,22,23). The largest absolute Gasteiger partial charge is 0.462 e. The number of anilines is 3. The van der Waals surface area contributed by atoms with Gasteiger partial charge in [-0.3, -0.25) is 0 Å². The molecule has 26 heavy (non-hydrogen) atoms. The fourth-order valence-electron chi connectivity index (χ4n) is 2.20. The number of nitrogens with zero attached hydrogens (tertiary/aromatic N) is 2. The molecule has 0 saturated carbocycles. The minimum atomic E-state index is -0.345. The van der Waals surface area contributed by atoms with Crippen LogP contribution >= 0.6 is 11.8 Å². The SMILES string of the molecule is CCOC(=O)c1ccc(Nc2ncnc(Sc3ccccc3)c2N)cc1. The van der Waals surface area contributed by atoms with Gasteiger partial charge in [-0.25, -0.2) is 14.8 Å². The Bertz CT molecular complexity index is 886. The van der Waals surface area contributed by atoms with Crippen LogP contribution in [0.1, 0.15) is 17.3 Å². The Morgan fingerprint density at radius 1 is 1.12 bits per heavy atom. The van der Waals surface area contributed by atoms with Gasteiger partial charge in [0.15, 0.2) is 5.82 Å². The number of rotatable bonds is 6. The van der Waals surface area contributed by atoms with Gasteiger partial charge in [-0.05, 0) is 43.3 Å². The highest BCUT2D eigenvalue weighted by Crippen LogP contribution is 2.33. The Kier molecular flexibility index (Phi) is 5.70. The molecule has 0 fully saturated rings. The lowest BCUT2D eigenvalue weighted by Crippen LogP contribution is -2.05. The molecule has 1 aromatic heterocycles. The molecule has 0 radical (unpaired) electrons. The lowest BCUT2D eigenvalue weighted by molar-refractivity contribution is 0.0526. The molecule has 2 aromatic carbocycles. The van der Waals surface area contributed by atoms with Crippen molar-refractivity contribution in [3.05, 3.63) is 66.5 Å². The molecule has 132 valence electrons. The maximum Gasteiger partial charge on any atom is 0.338 e. The number of nitrogen functional groups attached to an aromatic ring is 1. The van der Waals surface area contributed by atoms with Crippen LogP contribution in [0, 0.1) is 0 Å². The smallest absolute Gasteiger partial charge is 0.338 e. The first kappa shape index (κ1) is 17.8. The van der Waals surface area contributed by atoms with Gasteiger partial charge in [-0.1, -0.05) is 30.0 Å². The number of ether oxygens (including phenoxy) is 1. The van der Waals surface area contributed by atoms with Gasteiger partial charge in [-0.15, -0.1) is 0 Å². The van der Waals surface area contributed by atoms with Crippen LogP contribution in [0.2, 0.25) is 0 Å². The monoisotopic (exact) mass is 366 g/mol. The van der Waals surface area contributed by atoms with E-state index < -0.39 is 0 Å². The molecule has 3 rings (SSSR count). The van der Waals surface area contributed by atoms with Crippen molar-refractivity contribution in [2.75, 3.05) is 17.7 Å². The average molecular weight is 366 g/mol. The topological polar surface area (TPSA) is 90.1 Å². The summed E-state index contributed by atoms with van der Waals surface area (Å²) in [7, 11) is 0. The van der Waals surface area contributed by atoms with Gasteiger partial charge in [0.2, 0.25) is 0 Å². The number of nitrogens with two attached hydrogens (primary N) is 1. The normalized spacial score (nSPS) is 10.3. The van der Waals surface area contributed by atoms with Crippen molar-refractivity contribution in [2.24, 2.45) is 0 Å². The zero-order valence-electron chi connectivity index (χ0n) is 14.2. The van der Waals surface area contributed by atoms with E-state index in [1.54, 1.807) is 31.2 Å². The van der Waals surface area contributed by atoms with Crippen molar-refractivity contribution < 1.29 is 9.53 Å². The summed E-state index contributed by atoms with van der Waals surface area (Å²) >= 11 is 1.47. The van der Waals surface area contributed by atoms with Crippen LogP contribution in [-0.4, -0.2) is 22.5 Å². The predicted octanol–water partition coefficient (Wildman–Crippen LogP) is 4.13. The van der Waals surface area contributed by atoms with Gasteiger partial charge in [0.25, 0.3) is 0 Å². The molecule has 0 unspecified atom stereocenters. The summed E-state index contributed by atoms with van der Waals surface area (Å²) < 4.78 is 4.97. The van der Waals surface area contributed by atoms with Gasteiger partial charge in [-0.2, -0.15) is 0 Å². The van der Waals surface area contributed by atoms with Crippen LogP contribution in [-0.2, 0) is 4.74 Å². The summed E-state index contributed by atoms with van der Waals surface area (Å²) in [4.78, 5) is 21.2. The zero-order chi connectivity index (χ0) is 18.4. The van der Waals surface area contributed by atoms with Crippen LogP contribution in [0.5, 0.6) is 0 Å². The number of aromatic nitrogens is 2. The summed E-state index contributed by atoms with van der Waals surface area (Å²) in [5.41, 5.74) is 7.94. The fraction of sp³-hybridized carbons (Fsp3) is 0.105. The minimum absolute atomic E-state index is 0.345. The summed E-state index contributed by atoms with van der Waals surface area (Å²) in [5.74, 6) is 0.171. The van der Waals surface area contributed by atoms with E-state index in [0.717, 1.165) is 10.6 Å². The maximum atomic E-state index is 11.7. The predicted molar refractivity (Wildman–Crippen MR) is 103 cm³/mol. The van der Waals surface area contributed by atoms with Gasteiger partial charge in [0, 0.05) is 10.6 Å². The Hall–Kier alpha value is -3.06. The van der Waals surface area contributed by atoms with Crippen LogP contribution in [0.3, 0.4) is 0 Å². The zero-order valence-corrected chi connectivity index (χ0v) is 15.0. The second kappa shape index (κ2) is 8.35. The molecule has 0 amide bonds. The van der Waals surface area contributed by atoms with E-state index in [1.807, 2.05) is 30.3 Å². The van der Waals surface area contributed by atoms with Gasteiger partial charge in [0.1, 0.15) is 17.0 Å². The van der Waals surface area contributed by atoms with Gasteiger partial charge < -0.3 is 15.8 Å². The molecule has 1 heterocycles. The lowest BCUT2D eigenvalue weighted by Gasteiger charge is -2.11. The van der Waals surface area contributed by atoms with E-state index in [2.05, 4.69) is 15.3 Å². The van der Waals surface area contributed by atoms with Crippen LogP contribution in [0.4, 0.5) is 17.2 Å². The molecular formula is C19H18N4O2S. The van der Waals surface area contributed by atoms with Gasteiger partial charge >= 0.3 is 5.97 Å². The first-order valence-corrected chi connectivity index (χ1v) is 8.86. The fourth-order valence-corrected chi connectivity index (χ4v) is 3.02. The molecule has 6 nitrogen and oxygen atoms in total. The van der Waals surface area contributed by atoms with E-state index in [1.165, 1.54) is 18.1 Å². The third-order valence-corrected chi connectivity index (χ3v) is 4.49. The quantitative estimate of drug-likeness (QED) is 0.501. The van der Waals surface area contributed by atoms with Crippen LogP contribution < -0.4 is 11.1 Å². The molecule has 0 saturated heterocycles. The first-order chi connectivity index (χ1) is 12.7. The van der Waals surface area contributed by atoms with Crippen LogP contribution in [0.15, 0.2) is 70.8 Å². The molecule has 3 aromatic rings. The number of benzene rings is 2. The summed E-state index contributed by atoms with van der Waals surface area (Å²) in [5, 5.41) is 3.83. The number of carbonyl (C=O) groups is 1. The molecule has 0 bridgehead atoms. The van der Waals surface area contributed by atoms with E-state index in [0.29, 0.717) is 28.7 Å². The number of hydrogen-bond acceptors (Lipinski definition) is 7. The first-order valence-electron chi connectivity index (χ1n) is 8.05. The van der Waals surface area contributed by atoms with Crippen molar-refractivity contribution in [1.29, 1.82) is 0 Å². The molecule has 0 aliphatic heterocycles. The summed E-state index contributed by atoms with van der Waals surface area (Å²) in [6, 6.07) is 16.8. The Balaban J connectivity index is 1.76. The molecule has 0 spiro atoms. The molecule has 3 N–H and O–H groups in total. The summed E-state index contributed by atoms with van der Waals surface area (Å²) in [6.07, 6.45) is 1.47. The second-order valence-electron chi connectivity index (χ2n) is 5.28. The molecule has 0 atom stereocenters. The maximum absolute atomic E-state index is 11.7. The third kappa shape index (κ3) is 4.31. The Morgan fingerprint density at radius 3 is 2.54 bits per heavy atom. The van der Waals surface area contributed by atoms with Gasteiger partial charge in [0.05, 0.1) is 12.2 Å². The van der Waals surface area contributed by atoms with Crippen molar-refractivity contribution >= 4 is 34.9 Å². The van der Waals surface area contributed by atoms with E-state index in [9.17, 15) is 4.79 Å². The lowest BCUT2D eigenvalue weighted by atomic mass is 10.2. The summed E-state index contributed by atoms with van der Waals surface area (Å²) in [6.45, 7) is 2.12. The third-order valence-electron chi connectivity index (χ3n) is 3.46. The van der Waals surface area contributed by atoms with Crippen molar-refractivity contribution in [3.63, 3.8) is 0 Å².